The molecule has 1 atom stereocenters. The van der Waals surface area contributed by atoms with E-state index >= 15 is 0 Å². The summed E-state index contributed by atoms with van der Waals surface area (Å²) < 4.78 is 6.96. The topological polar surface area (TPSA) is 102 Å². The van der Waals surface area contributed by atoms with Crippen LogP contribution in [0.3, 0.4) is 0 Å². The number of nitrogens with zero attached hydrogens (tertiary/aromatic N) is 6. The Morgan fingerprint density at radius 3 is 2.97 bits per heavy atom. The van der Waals surface area contributed by atoms with Gasteiger partial charge in [0.15, 0.2) is 11.6 Å². The van der Waals surface area contributed by atoms with Crippen molar-refractivity contribution in [2.75, 3.05) is 46.1 Å². The van der Waals surface area contributed by atoms with Crippen molar-refractivity contribution >= 4 is 11.7 Å². The lowest BCUT2D eigenvalue weighted by molar-refractivity contribution is 0.0766. The Bertz CT molecular complexity index is 1220. The van der Waals surface area contributed by atoms with E-state index in [1.807, 2.05) is 7.05 Å². The van der Waals surface area contributed by atoms with Crippen molar-refractivity contribution in [2.45, 2.75) is 26.3 Å². The van der Waals surface area contributed by atoms with Crippen LogP contribution < -0.4 is 5.73 Å². The first kappa shape index (κ1) is 22.5. The number of hydrogen-bond donors (Lipinski definition) is 1. The van der Waals surface area contributed by atoms with Crippen LogP contribution in [0.1, 0.15) is 33.5 Å². The van der Waals surface area contributed by atoms with Gasteiger partial charge in [-0.15, -0.1) is 0 Å². The Hall–Kier alpha value is -3.30. The van der Waals surface area contributed by atoms with E-state index in [9.17, 15) is 4.79 Å². The maximum absolute atomic E-state index is 12.9. The number of benzene rings is 1. The third-order valence-electron chi connectivity index (χ3n) is 6.78. The molecule has 0 radical (unpaired) electrons. The number of carbonyl (C=O) groups excluding carboxylic acids is 1. The van der Waals surface area contributed by atoms with Crippen LogP contribution in [0.5, 0.6) is 0 Å². The number of nitrogens with two attached hydrogens (primary N) is 1. The van der Waals surface area contributed by atoms with Crippen LogP contribution in [-0.2, 0) is 17.7 Å². The van der Waals surface area contributed by atoms with Crippen LogP contribution in [0.15, 0.2) is 30.7 Å². The number of rotatable bonds is 5. The molecule has 9 nitrogen and oxygen atoms in total. The highest BCUT2D eigenvalue weighted by Gasteiger charge is 2.23. The fourth-order valence-corrected chi connectivity index (χ4v) is 4.87. The number of carbonyl (C=O) groups is 1. The molecule has 1 fully saturated rings. The molecule has 3 aromatic rings. The predicted molar refractivity (Wildman–Crippen MR) is 130 cm³/mol. The average molecular weight is 462 g/mol. The highest BCUT2D eigenvalue weighted by molar-refractivity contribution is 5.93. The van der Waals surface area contributed by atoms with Gasteiger partial charge in [0.2, 0.25) is 0 Å². The molecule has 2 aliphatic heterocycles. The summed E-state index contributed by atoms with van der Waals surface area (Å²) in [6, 6.07) is 4.36. The average Bonchev–Trinajstić information content (AvgIpc) is 3.51. The van der Waals surface area contributed by atoms with E-state index in [1.54, 1.807) is 23.5 Å². The summed E-state index contributed by atoms with van der Waals surface area (Å²) >= 11 is 0. The van der Waals surface area contributed by atoms with Gasteiger partial charge in [-0.3, -0.25) is 4.79 Å². The van der Waals surface area contributed by atoms with Gasteiger partial charge < -0.3 is 20.3 Å². The van der Waals surface area contributed by atoms with Crippen molar-refractivity contribution in [3.63, 3.8) is 0 Å². The Morgan fingerprint density at radius 1 is 1.32 bits per heavy atom. The molecule has 4 heterocycles. The highest BCUT2D eigenvalue weighted by Crippen LogP contribution is 2.29. The Labute approximate surface area is 199 Å². The number of aromatic nitrogens is 4. The lowest BCUT2D eigenvalue weighted by atomic mass is 9.92. The van der Waals surface area contributed by atoms with E-state index in [4.69, 9.17) is 15.5 Å². The van der Waals surface area contributed by atoms with Crippen LogP contribution in [0, 0.1) is 12.8 Å². The summed E-state index contributed by atoms with van der Waals surface area (Å²) in [4.78, 5) is 26.1. The predicted octanol–water partition coefficient (Wildman–Crippen LogP) is 2.32. The fraction of sp³-hybridized carbons (Fsp3) is 0.440. The minimum Gasteiger partial charge on any atom is -0.381 e. The summed E-state index contributed by atoms with van der Waals surface area (Å²) in [5.74, 6) is 0.963. The second kappa shape index (κ2) is 9.15. The molecule has 1 amide bonds. The maximum atomic E-state index is 12.9. The molecule has 1 aromatic carbocycles. The number of likely N-dealkylation sites (N-methyl/N-ethyl adjacent to an activating group) is 1. The number of amides is 1. The number of hydrogen-bond acceptors (Lipinski definition) is 7. The molecule has 2 N–H and O–H groups in total. The van der Waals surface area contributed by atoms with E-state index in [0.29, 0.717) is 30.5 Å². The minimum absolute atomic E-state index is 0.0877. The fourth-order valence-electron chi connectivity index (χ4n) is 4.87. The second-order valence-electron chi connectivity index (χ2n) is 9.47. The lowest BCUT2D eigenvalue weighted by Gasteiger charge is -2.27. The van der Waals surface area contributed by atoms with Crippen molar-refractivity contribution in [1.29, 1.82) is 0 Å². The normalized spacial score (nSPS) is 18.1. The number of nitrogen functional groups attached to an aromatic ring is 1. The summed E-state index contributed by atoms with van der Waals surface area (Å²) in [5.41, 5.74) is 12.4. The first-order chi connectivity index (χ1) is 16.4. The standard InChI is InChI=1S/C25H31N7O2/c1-16-8-18(9-19-13-30(2)6-4-21(16)19)22-11-27-23(26)24(29-22)32-14-20(10-28-32)25(33)31(3)12-17-5-7-34-15-17/h8-11,14,17H,4-7,12-13,15H2,1-3H3,(H2,26,27)/t17-/m0/s1. The Morgan fingerprint density at radius 2 is 2.18 bits per heavy atom. The molecular weight excluding hydrogens is 430 g/mol. The number of fused-ring (bicyclic) bond motifs is 1. The van der Waals surface area contributed by atoms with Crippen molar-refractivity contribution in [2.24, 2.45) is 5.92 Å². The van der Waals surface area contributed by atoms with Gasteiger partial charge in [-0.2, -0.15) is 5.10 Å². The zero-order valence-corrected chi connectivity index (χ0v) is 20.0. The summed E-state index contributed by atoms with van der Waals surface area (Å²) in [5, 5.41) is 4.37. The van der Waals surface area contributed by atoms with Crippen LogP contribution in [-0.4, -0.2) is 75.9 Å². The number of anilines is 1. The molecule has 0 unspecified atom stereocenters. The molecule has 0 saturated carbocycles. The molecule has 5 rings (SSSR count). The zero-order valence-electron chi connectivity index (χ0n) is 20.0. The summed E-state index contributed by atoms with van der Waals surface area (Å²) in [6.07, 6.45) is 6.95. The van der Waals surface area contributed by atoms with Crippen molar-refractivity contribution in [3.05, 3.63) is 53.0 Å². The second-order valence-corrected chi connectivity index (χ2v) is 9.47. The van der Waals surface area contributed by atoms with Crippen molar-refractivity contribution < 1.29 is 9.53 Å². The maximum Gasteiger partial charge on any atom is 0.256 e. The summed E-state index contributed by atoms with van der Waals surface area (Å²) in [6.45, 7) is 6.27. The van der Waals surface area contributed by atoms with Gasteiger partial charge >= 0.3 is 0 Å². The van der Waals surface area contributed by atoms with Crippen molar-refractivity contribution in [1.82, 2.24) is 29.5 Å². The highest BCUT2D eigenvalue weighted by atomic mass is 16.5. The van der Waals surface area contributed by atoms with E-state index in [0.717, 1.165) is 43.8 Å². The third-order valence-corrected chi connectivity index (χ3v) is 6.78. The van der Waals surface area contributed by atoms with Crippen LogP contribution >= 0.6 is 0 Å². The molecule has 0 spiro atoms. The molecule has 9 heteroatoms. The van der Waals surface area contributed by atoms with Gasteiger partial charge in [0.25, 0.3) is 5.91 Å². The minimum atomic E-state index is -0.0877. The van der Waals surface area contributed by atoms with Crippen molar-refractivity contribution in [3.8, 4) is 17.1 Å². The number of ether oxygens (including phenoxy) is 1. The third kappa shape index (κ3) is 4.41. The zero-order chi connectivity index (χ0) is 23.8. The SMILES string of the molecule is Cc1cc(-c2cnc(N)c(-n3cc(C(=O)N(C)C[C@@H]4CCOC4)cn3)n2)cc2c1CCN(C)C2. The van der Waals surface area contributed by atoms with Gasteiger partial charge in [-0.05, 0) is 55.6 Å². The smallest absolute Gasteiger partial charge is 0.256 e. The molecule has 1 saturated heterocycles. The molecule has 0 aliphatic carbocycles. The van der Waals surface area contributed by atoms with Crippen LogP contribution in [0.4, 0.5) is 5.82 Å². The quantitative estimate of drug-likeness (QED) is 0.622. The van der Waals surface area contributed by atoms with Gasteiger partial charge in [0.1, 0.15) is 0 Å². The lowest BCUT2D eigenvalue weighted by Crippen LogP contribution is -2.31. The van der Waals surface area contributed by atoms with Crippen LogP contribution in [0.25, 0.3) is 17.1 Å². The van der Waals surface area contributed by atoms with Gasteiger partial charge in [0.05, 0.1) is 30.3 Å². The van der Waals surface area contributed by atoms with Gasteiger partial charge in [-0.25, -0.2) is 14.6 Å². The number of aryl methyl sites for hydroxylation is 1. The molecule has 0 bridgehead atoms. The largest absolute Gasteiger partial charge is 0.381 e. The Balaban J connectivity index is 1.41. The first-order valence-electron chi connectivity index (χ1n) is 11.7. The first-order valence-corrected chi connectivity index (χ1v) is 11.7. The van der Waals surface area contributed by atoms with E-state index < -0.39 is 0 Å². The molecule has 2 aromatic heterocycles. The molecule has 178 valence electrons. The molecular formula is C25H31N7O2. The van der Waals surface area contributed by atoms with Gasteiger partial charge in [0, 0.05) is 51.0 Å². The molecule has 2 aliphatic rings. The van der Waals surface area contributed by atoms with E-state index in [-0.39, 0.29) is 11.7 Å². The monoisotopic (exact) mass is 461 g/mol. The van der Waals surface area contributed by atoms with Gasteiger partial charge in [-0.1, -0.05) is 0 Å². The van der Waals surface area contributed by atoms with Crippen LogP contribution in [0.2, 0.25) is 0 Å². The summed E-state index contributed by atoms with van der Waals surface area (Å²) in [7, 11) is 3.95. The Kier molecular flexibility index (Phi) is 6.05. The van der Waals surface area contributed by atoms with E-state index in [2.05, 4.69) is 41.1 Å². The molecule has 34 heavy (non-hydrogen) atoms. The van der Waals surface area contributed by atoms with E-state index in [1.165, 1.54) is 21.4 Å².